The van der Waals surface area contributed by atoms with Crippen LogP contribution in [0, 0.1) is 5.92 Å². The molecule has 1 unspecified atom stereocenters. The molecule has 0 saturated carbocycles. The molecule has 5 heteroatoms. The van der Waals surface area contributed by atoms with E-state index < -0.39 is 12.0 Å². The molecule has 0 bridgehead atoms. The molecule has 0 aromatic rings. The molecule has 5 nitrogen and oxygen atoms in total. The first-order chi connectivity index (χ1) is 7.74. The number of carboxylic acids is 1. The fourth-order valence-corrected chi connectivity index (χ4v) is 1.76. The fourth-order valence-electron chi connectivity index (χ4n) is 1.76. The van der Waals surface area contributed by atoms with Crippen LogP contribution in [0.15, 0.2) is 0 Å². The van der Waals surface area contributed by atoms with Crippen LogP contribution < -0.4 is 5.32 Å². The van der Waals surface area contributed by atoms with Gasteiger partial charge in [0.05, 0.1) is 0 Å². The second-order valence-electron chi connectivity index (χ2n) is 4.10. The molecule has 0 radical (unpaired) electrons. The molecule has 1 heterocycles. The summed E-state index contributed by atoms with van der Waals surface area (Å²) >= 11 is 0. The van der Waals surface area contributed by atoms with Gasteiger partial charge in [0.2, 0.25) is 0 Å². The van der Waals surface area contributed by atoms with Crippen LogP contribution >= 0.6 is 0 Å². The molecule has 16 heavy (non-hydrogen) atoms. The van der Waals surface area contributed by atoms with Crippen molar-refractivity contribution in [3.05, 3.63) is 0 Å². The van der Waals surface area contributed by atoms with Crippen molar-refractivity contribution >= 4 is 5.97 Å². The zero-order valence-corrected chi connectivity index (χ0v) is 9.78. The molecule has 94 valence electrons. The molecule has 0 aromatic heterocycles. The van der Waals surface area contributed by atoms with Crippen LogP contribution in [0.4, 0.5) is 0 Å². The third-order valence-electron chi connectivity index (χ3n) is 2.89. The number of hydrogen-bond donors (Lipinski definition) is 2. The Balaban J connectivity index is 2.03. The highest BCUT2D eigenvalue weighted by molar-refractivity contribution is 5.73. The van der Waals surface area contributed by atoms with Crippen LogP contribution in [-0.4, -0.2) is 50.6 Å². The van der Waals surface area contributed by atoms with Gasteiger partial charge in [-0.05, 0) is 32.2 Å². The van der Waals surface area contributed by atoms with Gasteiger partial charge in [0.15, 0.2) is 0 Å². The normalized spacial score (nSPS) is 19.6. The largest absolute Gasteiger partial charge is 0.480 e. The molecule has 1 rings (SSSR count). The van der Waals surface area contributed by atoms with Gasteiger partial charge >= 0.3 is 5.97 Å². The zero-order valence-electron chi connectivity index (χ0n) is 9.78. The highest BCUT2D eigenvalue weighted by Crippen LogP contribution is 2.14. The third kappa shape index (κ3) is 4.92. The van der Waals surface area contributed by atoms with Gasteiger partial charge < -0.3 is 19.9 Å². The fraction of sp³-hybridized carbons (Fsp3) is 0.909. The van der Waals surface area contributed by atoms with Gasteiger partial charge in [-0.15, -0.1) is 0 Å². The van der Waals surface area contributed by atoms with E-state index in [9.17, 15) is 4.79 Å². The molecule has 2 N–H and O–H groups in total. The Morgan fingerprint density at radius 2 is 2.25 bits per heavy atom. The van der Waals surface area contributed by atoms with Gasteiger partial charge in [0.1, 0.15) is 6.04 Å². The second-order valence-corrected chi connectivity index (χ2v) is 4.10. The molecular formula is C11H21NO4. The van der Waals surface area contributed by atoms with Crippen molar-refractivity contribution in [2.75, 3.05) is 33.5 Å². The minimum atomic E-state index is -0.822. The molecule has 1 saturated heterocycles. The number of hydrogen-bond acceptors (Lipinski definition) is 4. The molecule has 1 atom stereocenters. The van der Waals surface area contributed by atoms with Crippen molar-refractivity contribution in [1.29, 1.82) is 0 Å². The lowest BCUT2D eigenvalue weighted by Gasteiger charge is -2.22. The smallest absolute Gasteiger partial charge is 0.320 e. The van der Waals surface area contributed by atoms with Gasteiger partial charge in [-0.1, -0.05) is 0 Å². The molecule has 1 aliphatic heterocycles. The van der Waals surface area contributed by atoms with E-state index in [-0.39, 0.29) is 0 Å². The van der Waals surface area contributed by atoms with Crippen LogP contribution in [0.2, 0.25) is 0 Å². The van der Waals surface area contributed by atoms with Crippen LogP contribution in [-0.2, 0) is 14.3 Å². The molecule has 1 fully saturated rings. The number of nitrogens with one attached hydrogen (secondary N) is 1. The summed E-state index contributed by atoms with van der Waals surface area (Å²) < 4.78 is 10.7. The number of carbonyl (C=O) groups is 1. The summed E-state index contributed by atoms with van der Waals surface area (Å²) in [4.78, 5) is 10.7. The quantitative estimate of drug-likeness (QED) is 0.624. The van der Waals surface area contributed by atoms with Gasteiger partial charge in [-0.2, -0.15) is 0 Å². The molecule has 1 aliphatic rings. The second kappa shape index (κ2) is 7.60. The first-order valence-corrected chi connectivity index (χ1v) is 5.79. The minimum absolute atomic E-state index is 0.495. The summed E-state index contributed by atoms with van der Waals surface area (Å²) in [5.41, 5.74) is 0. The Morgan fingerprint density at radius 1 is 1.56 bits per heavy atom. The monoisotopic (exact) mass is 231 g/mol. The number of aliphatic carboxylic acids is 1. The summed E-state index contributed by atoms with van der Waals surface area (Å²) in [6, 6.07) is -0.505. The topological polar surface area (TPSA) is 67.8 Å². The van der Waals surface area contributed by atoms with Crippen molar-refractivity contribution in [2.24, 2.45) is 5.92 Å². The summed E-state index contributed by atoms with van der Waals surface area (Å²) in [5, 5.41) is 11.5. The van der Waals surface area contributed by atoms with Gasteiger partial charge in [-0.25, -0.2) is 0 Å². The molecular weight excluding hydrogens is 210 g/mol. The Bertz CT molecular complexity index is 204. The molecule has 0 aromatic carbocycles. The predicted molar refractivity (Wildman–Crippen MR) is 59.5 cm³/mol. The van der Waals surface area contributed by atoms with Gasteiger partial charge in [0, 0.05) is 26.4 Å². The SMILES string of the molecule is CNC(CCOCC1CCOCC1)C(=O)O. The maximum atomic E-state index is 10.7. The Kier molecular flexibility index (Phi) is 6.37. The van der Waals surface area contributed by atoms with E-state index >= 15 is 0 Å². The van der Waals surface area contributed by atoms with Crippen LogP contribution in [0.3, 0.4) is 0 Å². The van der Waals surface area contributed by atoms with Crippen molar-refractivity contribution in [1.82, 2.24) is 5.32 Å². The maximum absolute atomic E-state index is 10.7. The molecule has 0 amide bonds. The van der Waals surface area contributed by atoms with E-state index in [0.717, 1.165) is 32.7 Å². The lowest BCUT2D eigenvalue weighted by atomic mass is 10.0. The van der Waals surface area contributed by atoms with Crippen molar-refractivity contribution in [2.45, 2.75) is 25.3 Å². The lowest BCUT2D eigenvalue weighted by Crippen LogP contribution is -2.35. The van der Waals surface area contributed by atoms with E-state index in [0.29, 0.717) is 18.9 Å². The average molecular weight is 231 g/mol. The summed E-state index contributed by atoms with van der Waals surface area (Å²) in [5.74, 6) is -0.246. The van der Waals surface area contributed by atoms with E-state index in [4.69, 9.17) is 14.6 Å². The van der Waals surface area contributed by atoms with Crippen molar-refractivity contribution < 1.29 is 19.4 Å². The number of rotatable bonds is 7. The van der Waals surface area contributed by atoms with E-state index in [2.05, 4.69) is 5.32 Å². The first-order valence-electron chi connectivity index (χ1n) is 5.79. The van der Waals surface area contributed by atoms with Gasteiger partial charge in [0.25, 0.3) is 0 Å². The first kappa shape index (κ1) is 13.4. The highest BCUT2D eigenvalue weighted by Gasteiger charge is 2.16. The van der Waals surface area contributed by atoms with Crippen LogP contribution in [0.1, 0.15) is 19.3 Å². The zero-order chi connectivity index (χ0) is 11.8. The van der Waals surface area contributed by atoms with Crippen LogP contribution in [0.5, 0.6) is 0 Å². The van der Waals surface area contributed by atoms with E-state index in [1.807, 2.05) is 0 Å². The standard InChI is InChI=1S/C11H21NO4/c1-12-10(11(13)14)4-7-16-8-9-2-5-15-6-3-9/h9-10,12H,2-8H2,1H3,(H,13,14). The lowest BCUT2D eigenvalue weighted by molar-refractivity contribution is -0.139. The Hall–Kier alpha value is -0.650. The van der Waals surface area contributed by atoms with E-state index in [1.165, 1.54) is 0 Å². The number of carboxylic acid groups (broad SMARTS) is 1. The summed E-state index contributed by atoms with van der Waals surface area (Å²) in [6.45, 7) is 2.86. The molecule has 0 aliphatic carbocycles. The predicted octanol–water partition coefficient (Wildman–Crippen LogP) is 0.492. The van der Waals surface area contributed by atoms with E-state index in [1.54, 1.807) is 7.05 Å². The van der Waals surface area contributed by atoms with Crippen molar-refractivity contribution in [3.8, 4) is 0 Å². The molecule has 0 spiro atoms. The maximum Gasteiger partial charge on any atom is 0.320 e. The Morgan fingerprint density at radius 3 is 2.81 bits per heavy atom. The summed E-state index contributed by atoms with van der Waals surface area (Å²) in [6.07, 6.45) is 2.61. The Labute approximate surface area is 96.1 Å². The number of ether oxygens (including phenoxy) is 2. The van der Waals surface area contributed by atoms with Crippen molar-refractivity contribution in [3.63, 3.8) is 0 Å². The third-order valence-corrected chi connectivity index (χ3v) is 2.89. The average Bonchev–Trinajstić information content (AvgIpc) is 2.30. The minimum Gasteiger partial charge on any atom is -0.480 e. The van der Waals surface area contributed by atoms with Crippen LogP contribution in [0.25, 0.3) is 0 Å². The number of likely N-dealkylation sites (N-methyl/N-ethyl adjacent to an activating group) is 1. The highest BCUT2D eigenvalue weighted by atomic mass is 16.5. The van der Waals surface area contributed by atoms with Gasteiger partial charge in [-0.3, -0.25) is 4.79 Å². The summed E-state index contributed by atoms with van der Waals surface area (Å²) in [7, 11) is 1.65.